The Morgan fingerprint density at radius 3 is 2.62 bits per heavy atom. The number of pyridine rings is 1. The van der Waals surface area contributed by atoms with E-state index in [4.69, 9.17) is 4.74 Å². The molecule has 3 aromatic carbocycles. The molecule has 1 heterocycles. The minimum Gasteiger partial charge on any atom is -0.497 e. The molecule has 0 saturated heterocycles. The number of benzene rings is 3. The molecule has 0 saturated carbocycles. The van der Waals surface area contributed by atoms with Crippen molar-refractivity contribution in [1.82, 2.24) is 4.98 Å². The minimum absolute atomic E-state index is 0.0945. The number of ether oxygens (including phenoxy) is 1. The molecule has 0 aliphatic carbocycles. The zero-order valence-corrected chi connectivity index (χ0v) is 13.9. The lowest BCUT2D eigenvalue weighted by atomic mass is 9.98. The van der Waals surface area contributed by atoms with Crippen molar-refractivity contribution in [3.05, 3.63) is 72.0 Å². The van der Waals surface area contributed by atoms with E-state index in [-0.39, 0.29) is 16.8 Å². The Labute approximate surface area is 148 Å². The zero-order valence-electron chi connectivity index (χ0n) is 13.9. The van der Waals surface area contributed by atoms with Crippen molar-refractivity contribution in [3.63, 3.8) is 0 Å². The van der Waals surface area contributed by atoms with E-state index in [2.05, 4.69) is 4.98 Å². The maximum absolute atomic E-state index is 14.4. The number of nitrogens with zero attached hydrogens (tertiary/aromatic N) is 1. The second-order valence-electron chi connectivity index (χ2n) is 5.89. The van der Waals surface area contributed by atoms with E-state index in [0.717, 1.165) is 10.8 Å². The van der Waals surface area contributed by atoms with Crippen LogP contribution in [0.5, 0.6) is 5.75 Å². The molecule has 0 aliphatic rings. The fourth-order valence-electron chi connectivity index (χ4n) is 3.14. The van der Waals surface area contributed by atoms with Gasteiger partial charge in [-0.05, 0) is 35.0 Å². The Hall–Kier alpha value is -3.47. The number of hydrogen-bond acceptors (Lipinski definition) is 3. The summed E-state index contributed by atoms with van der Waals surface area (Å²) in [7, 11) is 1.45. The third-order valence-corrected chi connectivity index (χ3v) is 4.38. The average molecular weight is 347 g/mol. The van der Waals surface area contributed by atoms with Gasteiger partial charge in [0.1, 0.15) is 11.6 Å². The molecule has 0 amide bonds. The quantitative estimate of drug-likeness (QED) is 0.536. The molecule has 1 aromatic heterocycles. The molecule has 4 rings (SSSR count). The van der Waals surface area contributed by atoms with Gasteiger partial charge in [-0.1, -0.05) is 30.3 Å². The van der Waals surface area contributed by atoms with Crippen LogP contribution in [0.4, 0.5) is 4.39 Å². The summed E-state index contributed by atoms with van der Waals surface area (Å²) in [6.45, 7) is 0. The normalized spacial score (nSPS) is 11.0. The van der Waals surface area contributed by atoms with Gasteiger partial charge in [0.15, 0.2) is 0 Å². The van der Waals surface area contributed by atoms with Gasteiger partial charge in [-0.25, -0.2) is 14.2 Å². The maximum atomic E-state index is 14.4. The first-order chi connectivity index (χ1) is 12.6. The number of methoxy groups -OCH3 is 1. The third kappa shape index (κ3) is 2.54. The lowest BCUT2D eigenvalue weighted by Gasteiger charge is -2.11. The molecule has 0 fully saturated rings. The van der Waals surface area contributed by atoms with Gasteiger partial charge in [-0.15, -0.1) is 0 Å². The van der Waals surface area contributed by atoms with E-state index >= 15 is 0 Å². The lowest BCUT2D eigenvalue weighted by molar-refractivity contribution is 0.0699. The molecular weight excluding hydrogens is 333 g/mol. The van der Waals surface area contributed by atoms with Crippen molar-refractivity contribution in [2.24, 2.45) is 0 Å². The topological polar surface area (TPSA) is 59.4 Å². The molecule has 0 bridgehead atoms. The van der Waals surface area contributed by atoms with Gasteiger partial charge in [-0.2, -0.15) is 0 Å². The predicted molar refractivity (Wildman–Crippen MR) is 98.2 cm³/mol. The van der Waals surface area contributed by atoms with Crippen molar-refractivity contribution in [1.29, 1.82) is 0 Å². The maximum Gasteiger partial charge on any atom is 0.336 e. The fourth-order valence-corrected chi connectivity index (χ4v) is 3.14. The van der Waals surface area contributed by atoms with Gasteiger partial charge in [0.2, 0.25) is 0 Å². The molecule has 5 heteroatoms. The van der Waals surface area contributed by atoms with E-state index in [1.807, 2.05) is 30.3 Å². The number of carboxylic acid groups (broad SMARTS) is 1. The second-order valence-corrected chi connectivity index (χ2v) is 5.89. The van der Waals surface area contributed by atoms with Gasteiger partial charge in [0, 0.05) is 17.0 Å². The first-order valence-corrected chi connectivity index (χ1v) is 7.98. The van der Waals surface area contributed by atoms with E-state index in [0.29, 0.717) is 16.7 Å². The van der Waals surface area contributed by atoms with E-state index < -0.39 is 11.8 Å². The summed E-state index contributed by atoms with van der Waals surface area (Å²) in [6, 6.07) is 17.0. The Morgan fingerprint density at radius 1 is 1.08 bits per heavy atom. The van der Waals surface area contributed by atoms with Crippen molar-refractivity contribution in [2.45, 2.75) is 0 Å². The van der Waals surface area contributed by atoms with Crippen LogP contribution in [0.25, 0.3) is 32.9 Å². The first kappa shape index (κ1) is 16.0. The first-order valence-electron chi connectivity index (χ1n) is 7.98. The van der Waals surface area contributed by atoms with Crippen LogP contribution in [0.15, 0.2) is 60.7 Å². The minimum atomic E-state index is -1.08. The third-order valence-electron chi connectivity index (χ3n) is 4.38. The Morgan fingerprint density at radius 2 is 1.88 bits per heavy atom. The van der Waals surface area contributed by atoms with Crippen molar-refractivity contribution < 1.29 is 19.0 Å². The zero-order chi connectivity index (χ0) is 18.3. The van der Waals surface area contributed by atoms with Crippen LogP contribution in [0.2, 0.25) is 0 Å². The summed E-state index contributed by atoms with van der Waals surface area (Å²) in [5.41, 5.74) is 1.10. The molecule has 26 heavy (non-hydrogen) atoms. The van der Waals surface area contributed by atoms with Crippen molar-refractivity contribution in [3.8, 4) is 17.0 Å². The van der Waals surface area contributed by atoms with Crippen LogP contribution in [-0.2, 0) is 0 Å². The molecule has 4 aromatic rings. The SMILES string of the molecule is COc1ccc(-c2cc(C(=O)O)c3c(ccc4ccccc43)n2)c(F)c1. The molecule has 0 spiro atoms. The molecular formula is C21H14FNO3. The standard InChI is InChI=1S/C21H14FNO3/c1-26-13-7-8-15(17(22)10-13)19-11-16(21(24)25)20-14-5-3-2-4-12(14)6-9-18(20)23-19/h2-11H,1H3,(H,24,25). The van der Waals surface area contributed by atoms with Gasteiger partial charge in [-0.3, -0.25) is 0 Å². The fraction of sp³-hybridized carbons (Fsp3) is 0.0476. The highest BCUT2D eigenvalue weighted by molar-refractivity contribution is 6.15. The van der Waals surface area contributed by atoms with Crippen LogP contribution >= 0.6 is 0 Å². The summed E-state index contributed by atoms with van der Waals surface area (Å²) >= 11 is 0. The summed E-state index contributed by atoms with van der Waals surface area (Å²) in [5, 5.41) is 12.0. The van der Waals surface area contributed by atoms with E-state index in [1.54, 1.807) is 12.1 Å². The lowest BCUT2D eigenvalue weighted by Crippen LogP contribution is -2.01. The summed E-state index contributed by atoms with van der Waals surface area (Å²) in [4.78, 5) is 16.4. The number of rotatable bonds is 3. The second kappa shape index (κ2) is 6.11. The van der Waals surface area contributed by atoms with Crippen LogP contribution < -0.4 is 4.74 Å². The van der Waals surface area contributed by atoms with Crippen LogP contribution in [0.1, 0.15) is 10.4 Å². The van der Waals surface area contributed by atoms with E-state index in [1.165, 1.54) is 25.3 Å². The highest BCUT2D eigenvalue weighted by Gasteiger charge is 2.17. The predicted octanol–water partition coefficient (Wildman–Crippen LogP) is 4.90. The smallest absolute Gasteiger partial charge is 0.336 e. The van der Waals surface area contributed by atoms with Gasteiger partial charge in [0.05, 0.1) is 23.9 Å². The number of fused-ring (bicyclic) bond motifs is 3. The Kier molecular flexibility index (Phi) is 3.77. The number of carbonyl (C=O) groups is 1. The highest BCUT2D eigenvalue weighted by atomic mass is 19.1. The van der Waals surface area contributed by atoms with Gasteiger partial charge >= 0.3 is 5.97 Å². The largest absolute Gasteiger partial charge is 0.497 e. The molecule has 0 atom stereocenters. The number of halogens is 1. The molecule has 0 radical (unpaired) electrons. The number of hydrogen-bond donors (Lipinski definition) is 1. The summed E-state index contributed by atoms with van der Waals surface area (Å²) in [6.07, 6.45) is 0. The van der Waals surface area contributed by atoms with Crippen molar-refractivity contribution >= 4 is 27.6 Å². The van der Waals surface area contributed by atoms with Crippen LogP contribution in [0, 0.1) is 5.82 Å². The Bertz CT molecular complexity index is 1170. The van der Waals surface area contributed by atoms with Crippen molar-refractivity contribution in [2.75, 3.05) is 7.11 Å². The molecule has 128 valence electrons. The molecule has 0 aliphatic heterocycles. The van der Waals surface area contributed by atoms with Crippen LogP contribution in [-0.4, -0.2) is 23.2 Å². The van der Waals surface area contributed by atoms with Gasteiger partial charge < -0.3 is 9.84 Å². The molecule has 0 unspecified atom stereocenters. The molecule has 4 nitrogen and oxygen atoms in total. The highest BCUT2D eigenvalue weighted by Crippen LogP contribution is 2.32. The number of aromatic carboxylic acids is 1. The Balaban J connectivity index is 2.04. The number of aromatic nitrogens is 1. The molecule has 1 N–H and O–H groups in total. The summed E-state index contributed by atoms with van der Waals surface area (Å²) < 4.78 is 19.5. The van der Waals surface area contributed by atoms with Gasteiger partial charge in [0.25, 0.3) is 0 Å². The van der Waals surface area contributed by atoms with E-state index in [9.17, 15) is 14.3 Å². The average Bonchev–Trinajstić information content (AvgIpc) is 2.66. The monoisotopic (exact) mass is 347 g/mol. The summed E-state index contributed by atoms with van der Waals surface area (Å²) in [5.74, 6) is -1.21. The number of carboxylic acids is 1. The van der Waals surface area contributed by atoms with Crippen LogP contribution in [0.3, 0.4) is 0 Å².